The van der Waals surface area contributed by atoms with Crippen LogP contribution < -0.4 is 10.6 Å². The molecule has 0 bridgehead atoms. The number of halogens is 2. The topological polar surface area (TPSA) is 61.4 Å². The van der Waals surface area contributed by atoms with E-state index in [-0.39, 0.29) is 35.9 Å². The first-order valence-electron chi connectivity index (χ1n) is 9.36. The molecule has 1 aromatic heterocycles. The Morgan fingerprint density at radius 3 is 2.67 bits per heavy atom. The van der Waals surface area contributed by atoms with Crippen LogP contribution in [-0.2, 0) is 11.2 Å². The van der Waals surface area contributed by atoms with Gasteiger partial charge < -0.3 is 20.4 Å². The molecule has 1 unspecified atom stereocenters. The second-order valence-electron chi connectivity index (χ2n) is 6.71. The van der Waals surface area contributed by atoms with E-state index in [4.69, 9.17) is 4.74 Å². The molecular formula is C20H32FIN4O. The zero-order valence-electron chi connectivity index (χ0n) is 16.6. The quantitative estimate of drug-likeness (QED) is 0.282. The first-order valence-corrected chi connectivity index (χ1v) is 9.36. The normalized spacial score (nSPS) is 12.9. The first kappa shape index (κ1) is 23.7. The molecule has 0 aliphatic rings. The molecule has 1 atom stereocenters. The highest BCUT2D eigenvalue weighted by Gasteiger charge is 2.13. The van der Waals surface area contributed by atoms with E-state index in [0.717, 1.165) is 55.0 Å². The highest BCUT2D eigenvalue weighted by atomic mass is 127. The van der Waals surface area contributed by atoms with Gasteiger partial charge in [0, 0.05) is 43.8 Å². The van der Waals surface area contributed by atoms with E-state index in [1.807, 2.05) is 13.1 Å². The van der Waals surface area contributed by atoms with E-state index < -0.39 is 0 Å². The SMILES string of the molecule is CCOC(CCNC(=NC)NCCc1c[nH]c2ccc(F)cc12)C(C)C.I. The molecule has 152 valence electrons. The number of fused-ring (bicyclic) bond motifs is 1. The molecule has 7 heteroatoms. The Morgan fingerprint density at radius 2 is 2.00 bits per heavy atom. The summed E-state index contributed by atoms with van der Waals surface area (Å²) in [4.78, 5) is 7.44. The van der Waals surface area contributed by atoms with E-state index in [2.05, 4.69) is 34.5 Å². The van der Waals surface area contributed by atoms with E-state index >= 15 is 0 Å². The lowest BCUT2D eigenvalue weighted by atomic mass is 10.0. The molecule has 2 rings (SSSR count). The van der Waals surface area contributed by atoms with E-state index in [0.29, 0.717) is 5.92 Å². The first-order chi connectivity index (χ1) is 12.5. The summed E-state index contributed by atoms with van der Waals surface area (Å²) in [5, 5.41) is 7.58. The van der Waals surface area contributed by atoms with Crippen LogP contribution in [0.15, 0.2) is 29.4 Å². The van der Waals surface area contributed by atoms with E-state index in [9.17, 15) is 4.39 Å². The van der Waals surface area contributed by atoms with Crippen molar-refractivity contribution in [1.29, 1.82) is 0 Å². The van der Waals surface area contributed by atoms with Crippen LogP contribution in [0.3, 0.4) is 0 Å². The predicted octanol–water partition coefficient (Wildman–Crippen LogP) is 4.08. The summed E-state index contributed by atoms with van der Waals surface area (Å²) in [6.07, 6.45) is 3.93. The third-order valence-corrected chi connectivity index (χ3v) is 4.49. The number of rotatable bonds is 9. The molecule has 0 spiro atoms. The van der Waals surface area contributed by atoms with Crippen LogP contribution in [0.1, 0.15) is 32.8 Å². The van der Waals surface area contributed by atoms with Crippen molar-refractivity contribution < 1.29 is 9.13 Å². The highest BCUT2D eigenvalue weighted by Crippen LogP contribution is 2.19. The molecule has 1 aromatic carbocycles. The highest BCUT2D eigenvalue weighted by molar-refractivity contribution is 14.0. The van der Waals surface area contributed by atoms with Crippen LogP contribution in [0.2, 0.25) is 0 Å². The van der Waals surface area contributed by atoms with Gasteiger partial charge in [0.15, 0.2) is 5.96 Å². The smallest absolute Gasteiger partial charge is 0.190 e. The minimum atomic E-state index is -0.210. The molecule has 0 fully saturated rings. The van der Waals surface area contributed by atoms with Gasteiger partial charge in [0.25, 0.3) is 0 Å². The Balaban J connectivity index is 0.00000364. The summed E-state index contributed by atoms with van der Waals surface area (Å²) >= 11 is 0. The fourth-order valence-corrected chi connectivity index (χ4v) is 3.05. The lowest BCUT2D eigenvalue weighted by Gasteiger charge is -2.21. The van der Waals surface area contributed by atoms with Gasteiger partial charge in [-0.25, -0.2) is 4.39 Å². The Hall–Kier alpha value is -1.35. The number of nitrogens with zero attached hydrogens (tertiary/aromatic N) is 1. The van der Waals surface area contributed by atoms with Crippen molar-refractivity contribution in [2.24, 2.45) is 10.9 Å². The minimum absolute atomic E-state index is 0. The summed E-state index contributed by atoms with van der Waals surface area (Å²) in [5.41, 5.74) is 2.05. The van der Waals surface area contributed by atoms with Gasteiger partial charge in [-0.3, -0.25) is 4.99 Å². The minimum Gasteiger partial charge on any atom is -0.378 e. The fraction of sp³-hybridized carbons (Fsp3) is 0.550. The number of hydrogen-bond acceptors (Lipinski definition) is 2. The molecule has 0 radical (unpaired) electrons. The molecule has 2 aromatic rings. The molecule has 0 aliphatic heterocycles. The van der Waals surface area contributed by atoms with Crippen LogP contribution in [-0.4, -0.2) is 43.8 Å². The maximum Gasteiger partial charge on any atom is 0.190 e. The standard InChI is InChI=1S/C20H31FN4O.HI/c1-5-26-19(14(2)3)9-11-24-20(22-4)23-10-8-15-13-25-18-7-6-16(21)12-17(15)18;/h6-7,12-14,19,25H,5,8-11H2,1-4H3,(H2,22,23,24);1H. The summed E-state index contributed by atoms with van der Waals surface area (Å²) in [6.45, 7) is 8.65. The van der Waals surface area contributed by atoms with Gasteiger partial charge in [0.2, 0.25) is 0 Å². The molecule has 5 nitrogen and oxygen atoms in total. The number of benzene rings is 1. The molecule has 1 heterocycles. The van der Waals surface area contributed by atoms with Crippen LogP contribution in [0.5, 0.6) is 0 Å². The fourth-order valence-electron chi connectivity index (χ4n) is 3.05. The van der Waals surface area contributed by atoms with Crippen LogP contribution in [0, 0.1) is 11.7 Å². The Labute approximate surface area is 178 Å². The number of guanidine groups is 1. The summed E-state index contributed by atoms with van der Waals surface area (Å²) in [5.74, 6) is 1.06. The number of aliphatic imine (C=N–C) groups is 1. The van der Waals surface area contributed by atoms with Crippen LogP contribution in [0.4, 0.5) is 4.39 Å². The second kappa shape index (κ2) is 12.2. The number of nitrogens with one attached hydrogen (secondary N) is 3. The third kappa shape index (κ3) is 7.29. The Bertz CT molecular complexity index is 717. The Kier molecular flexibility index (Phi) is 10.7. The lowest BCUT2D eigenvalue weighted by Crippen LogP contribution is -2.40. The molecule has 0 saturated heterocycles. The molecule has 0 aliphatic carbocycles. The van der Waals surface area contributed by atoms with Crippen molar-refractivity contribution in [3.05, 3.63) is 35.8 Å². The largest absolute Gasteiger partial charge is 0.378 e. The molecule has 3 N–H and O–H groups in total. The molecule has 0 saturated carbocycles. The van der Waals surface area contributed by atoms with Gasteiger partial charge in [-0.05, 0) is 49.4 Å². The van der Waals surface area contributed by atoms with Crippen LogP contribution in [0.25, 0.3) is 10.9 Å². The number of H-pyrrole nitrogens is 1. The molecular weight excluding hydrogens is 458 g/mol. The van der Waals surface area contributed by atoms with Gasteiger partial charge in [0.05, 0.1) is 6.10 Å². The van der Waals surface area contributed by atoms with Crippen molar-refractivity contribution in [2.75, 3.05) is 26.7 Å². The third-order valence-electron chi connectivity index (χ3n) is 4.49. The summed E-state index contributed by atoms with van der Waals surface area (Å²) < 4.78 is 19.2. The average Bonchev–Trinajstić information content (AvgIpc) is 3.01. The van der Waals surface area contributed by atoms with Crippen LogP contribution >= 0.6 is 24.0 Å². The zero-order valence-corrected chi connectivity index (χ0v) is 19.0. The maximum atomic E-state index is 13.4. The molecule has 0 amide bonds. The number of hydrogen-bond donors (Lipinski definition) is 3. The maximum absolute atomic E-state index is 13.4. The van der Waals surface area contributed by atoms with Gasteiger partial charge in [-0.1, -0.05) is 13.8 Å². The van der Waals surface area contributed by atoms with Gasteiger partial charge in [-0.15, -0.1) is 24.0 Å². The van der Waals surface area contributed by atoms with Crippen molar-refractivity contribution in [1.82, 2.24) is 15.6 Å². The number of aromatic nitrogens is 1. The lowest BCUT2D eigenvalue weighted by molar-refractivity contribution is 0.0258. The van der Waals surface area contributed by atoms with Gasteiger partial charge in [0.1, 0.15) is 5.82 Å². The number of aromatic amines is 1. The Morgan fingerprint density at radius 1 is 1.26 bits per heavy atom. The summed E-state index contributed by atoms with van der Waals surface area (Å²) in [6, 6.07) is 4.82. The number of ether oxygens (including phenoxy) is 1. The van der Waals surface area contributed by atoms with Crippen molar-refractivity contribution in [3.8, 4) is 0 Å². The summed E-state index contributed by atoms with van der Waals surface area (Å²) in [7, 11) is 1.76. The van der Waals surface area contributed by atoms with Crippen molar-refractivity contribution >= 4 is 40.8 Å². The predicted molar refractivity (Wildman–Crippen MR) is 122 cm³/mol. The monoisotopic (exact) mass is 490 g/mol. The van der Waals surface area contributed by atoms with Gasteiger partial charge in [-0.2, -0.15) is 0 Å². The van der Waals surface area contributed by atoms with Crippen molar-refractivity contribution in [3.63, 3.8) is 0 Å². The molecule has 27 heavy (non-hydrogen) atoms. The van der Waals surface area contributed by atoms with Crippen molar-refractivity contribution in [2.45, 2.75) is 39.7 Å². The van der Waals surface area contributed by atoms with Gasteiger partial charge >= 0.3 is 0 Å². The zero-order chi connectivity index (χ0) is 18.9. The van der Waals surface area contributed by atoms with E-state index in [1.165, 1.54) is 6.07 Å². The van der Waals surface area contributed by atoms with E-state index in [1.54, 1.807) is 19.2 Å². The second-order valence-corrected chi connectivity index (χ2v) is 6.71. The average molecular weight is 490 g/mol.